The molecule has 0 spiro atoms. The molecule has 0 atom stereocenters. The van der Waals surface area contributed by atoms with Gasteiger partial charge in [-0.1, -0.05) is 50.3 Å². The molecule has 12 heavy (non-hydrogen) atoms. The lowest BCUT2D eigenvalue weighted by Gasteiger charge is -2.32. The molecule has 0 radical (unpaired) electrons. The number of hydrogen-bond donors (Lipinski definition) is 0. The van der Waals surface area contributed by atoms with E-state index in [9.17, 15) is 0 Å². The first-order chi connectivity index (χ1) is 5.55. The van der Waals surface area contributed by atoms with E-state index in [2.05, 4.69) is 51.7 Å². The van der Waals surface area contributed by atoms with E-state index in [4.69, 9.17) is 0 Å². The smallest absolute Gasteiger partial charge is 0.00350 e. The first-order valence-electron chi connectivity index (χ1n) is 4.54. The molecule has 0 aromatic heterocycles. The van der Waals surface area contributed by atoms with E-state index in [0.29, 0.717) is 5.92 Å². The van der Waals surface area contributed by atoms with Gasteiger partial charge in [-0.3, -0.25) is 0 Å². The van der Waals surface area contributed by atoms with Crippen molar-refractivity contribution in [3.05, 3.63) is 36.5 Å². The molecule has 0 nitrogen and oxygen atoms in total. The summed E-state index contributed by atoms with van der Waals surface area (Å²) in [6.07, 6.45) is 10.1. The first kappa shape index (κ1) is 9.31. The highest BCUT2D eigenvalue weighted by Gasteiger charge is 2.26. The van der Waals surface area contributed by atoms with Crippen LogP contribution in [0.1, 0.15) is 27.2 Å². The minimum absolute atomic E-state index is 0.202. The van der Waals surface area contributed by atoms with Gasteiger partial charge < -0.3 is 0 Å². The molecule has 1 aliphatic rings. The monoisotopic (exact) mass is 162 g/mol. The molecule has 0 fully saturated rings. The van der Waals surface area contributed by atoms with Crippen molar-refractivity contribution >= 4 is 0 Å². The van der Waals surface area contributed by atoms with Crippen molar-refractivity contribution in [2.24, 2.45) is 11.3 Å². The predicted molar refractivity (Wildman–Crippen MR) is 55.0 cm³/mol. The fourth-order valence-electron chi connectivity index (χ4n) is 1.36. The summed E-state index contributed by atoms with van der Waals surface area (Å²) in [5.41, 5.74) is 1.46. The first-order valence-corrected chi connectivity index (χ1v) is 4.54. The van der Waals surface area contributed by atoms with Gasteiger partial charge in [0, 0.05) is 5.92 Å². The molecule has 0 heteroatoms. The highest BCUT2D eigenvalue weighted by Crippen LogP contribution is 2.36. The van der Waals surface area contributed by atoms with Crippen LogP contribution in [0.5, 0.6) is 0 Å². The Kier molecular flexibility index (Phi) is 2.56. The Hall–Kier alpha value is -0.780. The van der Waals surface area contributed by atoms with E-state index < -0.39 is 0 Å². The van der Waals surface area contributed by atoms with Crippen LogP contribution < -0.4 is 0 Å². The molecule has 0 aromatic rings. The number of hydrogen-bond acceptors (Lipinski definition) is 0. The molecule has 0 N–H and O–H groups in total. The maximum Gasteiger partial charge on any atom is 0.00350 e. The van der Waals surface area contributed by atoms with Crippen molar-refractivity contribution in [1.82, 2.24) is 0 Å². The van der Waals surface area contributed by atoms with Gasteiger partial charge in [0.05, 0.1) is 0 Å². The normalized spacial score (nSPS) is 18.2. The molecular weight excluding hydrogens is 144 g/mol. The molecule has 66 valence electrons. The summed E-state index contributed by atoms with van der Waals surface area (Å²) in [5, 5.41) is 0. The van der Waals surface area contributed by atoms with Crippen molar-refractivity contribution in [3.8, 4) is 0 Å². The third kappa shape index (κ3) is 1.69. The topological polar surface area (TPSA) is 0 Å². The van der Waals surface area contributed by atoms with Gasteiger partial charge in [0.1, 0.15) is 0 Å². The lowest BCUT2D eigenvalue weighted by atomic mass is 9.73. The maximum atomic E-state index is 4.03. The van der Waals surface area contributed by atoms with Gasteiger partial charge in [0.15, 0.2) is 0 Å². The summed E-state index contributed by atoms with van der Waals surface area (Å²) in [4.78, 5) is 0. The second kappa shape index (κ2) is 3.30. The summed E-state index contributed by atoms with van der Waals surface area (Å²) < 4.78 is 0. The van der Waals surface area contributed by atoms with Crippen molar-refractivity contribution in [3.63, 3.8) is 0 Å². The highest BCUT2D eigenvalue weighted by molar-refractivity contribution is 5.19. The minimum Gasteiger partial charge on any atom is -0.0996 e. The third-order valence-corrected chi connectivity index (χ3v) is 2.89. The fraction of sp³-hybridized carbons (Fsp3) is 0.500. The lowest BCUT2D eigenvalue weighted by Crippen LogP contribution is -2.22. The van der Waals surface area contributed by atoms with Gasteiger partial charge in [0.25, 0.3) is 0 Å². The highest BCUT2D eigenvalue weighted by atomic mass is 14.3. The molecular formula is C12H18. The molecule has 0 saturated carbocycles. The van der Waals surface area contributed by atoms with E-state index in [-0.39, 0.29) is 5.41 Å². The second-order valence-corrected chi connectivity index (χ2v) is 4.12. The van der Waals surface area contributed by atoms with Crippen molar-refractivity contribution < 1.29 is 0 Å². The summed E-state index contributed by atoms with van der Waals surface area (Å²) in [7, 11) is 0. The largest absolute Gasteiger partial charge is 0.0996 e. The Balaban J connectivity index is 2.80. The van der Waals surface area contributed by atoms with Crippen LogP contribution in [-0.2, 0) is 0 Å². The molecule has 0 unspecified atom stereocenters. The van der Waals surface area contributed by atoms with Crippen LogP contribution in [-0.4, -0.2) is 0 Å². The van der Waals surface area contributed by atoms with E-state index in [1.807, 2.05) is 0 Å². The molecule has 0 aliphatic heterocycles. The van der Waals surface area contributed by atoms with Crippen LogP contribution in [0.25, 0.3) is 0 Å². The van der Waals surface area contributed by atoms with Crippen LogP contribution >= 0.6 is 0 Å². The van der Waals surface area contributed by atoms with Gasteiger partial charge >= 0.3 is 0 Å². The van der Waals surface area contributed by atoms with Crippen molar-refractivity contribution in [1.29, 1.82) is 0 Å². The zero-order valence-corrected chi connectivity index (χ0v) is 8.30. The summed E-state index contributed by atoms with van der Waals surface area (Å²) >= 11 is 0. The fourth-order valence-corrected chi connectivity index (χ4v) is 1.36. The predicted octanol–water partition coefficient (Wildman–Crippen LogP) is 3.72. The van der Waals surface area contributed by atoms with Crippen LogP contribution in [0.3, 0.4) is 0 Å². The van der Waals surface area contributed by atoms with Gasteiger partial charge in [0.2, 0.25) is 0 Å². The second-order valence-electron chi connectivity index (χ2n) is 4.12. The third-order valence-electron chi connectivity index (χ3n) is 2.89. The Bertz CT molecular complexity index is 216. The lowest BCUT2D eigenvalue weighted by molar-refractivity contribution is 0.372. The average molecular weight is 162 g/mol. The summed E-state index contributed by atoms with van der Waals surface area (Å²) in [6.45, 7) is 10.6. The van der Waals surface area contributed by atoms with Crippen molar-refractivity contribution in [2.45, 2.75) is 27.2 Å². The Morgan fingerprint density at radius 3 is 2.25 bits per heavy atom. The van der Waals surface area contributed by atoms with Crippen LogP contribution in [0, 0.1) is 11.3 Å². The Morgan fingerprint density at radius 2 is 1.83 bits per heavy atom. The summed E-state index contributed by atoms with van der Waals surface area (Å²) in [6, 6.07) is 0. The van der Waals surface area contributed by atoms with Crippen LogP contribution in [0.15, 0.2) is 36.5 Å². The maximum absolute atomic E-state index is 4.03. The van der Waals surface area contributed by atoms with Gasteiger partial charge in [-0.2, -0.15) is 0 Å². The average Bonchev–Trinajstić information content (AvgIpc) is 2.06. The quantitative estimate of drug-likeness (QED) is 0.543. The molecule has 0 aromatic carbocycles. The SMILES string of the molecule is C=C(C)C(C)(C)C1C=CCC=C1. The number of rotatable bonds is 2. The Morgan fingerprint density at radius 1 is 1.33 bits per heavy atom. The van der Waals surface area contributed by atoms with E-state index in [1.54, 1.807) is 0 Å². The minimum atomic E-state index is 0.202. The molecule has 0 amide bonds. The zero-order chi connectivity index (χ0) is 9.19. The van der Waals surface area contributed by atoms with E-state index in [1.165, 1.54) is 5.57 Å². The molecule has 0 heterocycles. The summed E-state index contributed by atoms with van der Waals surface area (Å²) in [5.74, 6) is 0.531. The van der Waals surface area contributed by atoms with Gasteiger partial charge in [-0.15, -0.1) is 0 Å². The van der Waals surface area contributed by atoms with Crippen molar-refractivity contribution in [2.75, 3.05) is 0 Å². The van der Waals surface area contributed by atoms with Crippen LogP contribution in [0.2, 0.25) is 0 Å². The standard InChI is InChI=1S/C12H18/c1-10(2)12(3,4)11-8-6-5-7-9-11/h6-9,11H,1,5H2,2-4H3. The molecule has 1 rings (SSSR count). The van der Waals surface area contributed by atoms with Crippen LogP contribution in [0.4, 0.5) is 0 Å². The Labute approximate surface area is 75.7 Å². The van der Waals surface area contributed by atoms with E-state index >= 15 is 0 Å². The van der Waals surface area contributed by atoms with Gasteiger partial charge in [-0.05, 0) is 18.8 Å². The van der Waals surface area contributed by atoms with E-state index in [0.717, 1.165) is 6.42 Å². The molecule has 0 saturated heterocycles. The molecule has 1 aliphatic carbocycles. The molecule has 0 bridgehead atoms. The zero-order valence-electron chi connectivity index (χ0n) is 8.30. The van der Waals surface area contributed by atoms with Gasteiger partial charge in [-0.25, -0.2) is 0 Å². The number of allylic oxidation sites excluding steroid dienone is 5.